The molecule has 3 aliphatic rings. The van der Waals surface area contributed by atoms with Gasteiger partial charge in [0.15, 0.2) is 0 Å². The Bertz CT molecular complexity index is 1010. The molecular formula is C21H25ClN6O3. The van der Waals surface area contributed by atoms with Gasteiger partial charge in [-0.1, -0.05) is 18.5 Å². The monoisotopic (exact) mass is 444 g/mol. The Labute approximate surface area is 184 Å². The lowest BCUT2D eigenvalue weighted by atomic mass is 9.99. The van der Waals surface area contributed by atoms with E-state index < -0.39 is 12.1 Å². The third-order valence-corrected chi connectivity index (χ3v) is 7.10. The fourth-order valence-corrected chi connectivity index (χ4v) is 4.86. The number of carbonyl (C=O) groups is 2. The average Bonchev–Trinajstić information content (AvgIpc) is 3.54. The van der Waals surface area contributed by atoms with E-state index in [1.807, 2.05) is 0 Å². The van der Waals surface area contributed by atoms with Crippen molar-refractivity contribution in [1.82, 2.24) is 30.4 Å². The van der Waals surface area contributed by atoms with E-state index in [4.69, 9.17) is 11.6 Å². The molecule has 10 heteroatoms. The maximum atomic E-state index is 13.1. The number of fused-ring (bicyclic) bond motifs is 1. The Balaban J connectivity index is 1.28. The van der Waals surface area contributed by atoms with E-state index in [9.17, 15) is 14.7 Å². The van der Waals surface area contributed by atoms with Crippen LogP contribution in [0.25, 0.3) is 5.69 Å². The van der Waals surface area contributed by atoms with Crippen LogP contribution in [0, 0.1) is 17.3 Å². The Morgan fingerprint density at radius 1 is 1.39 bits per heavy atom. The molecule has 1 aromatic carbocycles. The summed E-state index contributed by atoms with van der Waals surface area (Å²) in [4.78, 5) is 27.6. The smallest absolute Gasteiger partial charge is 0.252 e. The summed E-state index contributed by atoms with van der Waals surface area (Å²) in [6.07, 6.45) is 3.92. The molecule has 2 N–H and O–H groups in total. The van der Waals surface area contributed by atoms with Gasteiger partial charge in [0.2, 0.25) is 5.91 Å². The maximum Gasteiger partial charge on any atom is 0.252 e. The Hall–Kier alpha value is -2.52. The minimum atomic E-state index is -1.04. The van der Waals surface area contributed by atoms with Crippen molar-refractivity contribution >= 4 is 23.4 Å². The first-order valence-corrected chi connectivity index (χ1v) is 11.0. The quantitative estimate of drug-likeness (QED) is 0.666. The van der Waals surface area contributed by atoms with Crippen LogP contribution in [0.1, 0.15) is 38.2 Å². The van der Waals surface area contributed by atoms with Crippen molar-refractivity contribution in [3.05, 3.63) is 35.1 Å². The lowest BCUT2D eigenvalue weighted by Gasteiger charge is -2.29. The number of rotatable bonds is 7. The van der Waals surface area contributed by atoms with Crippen molar-refractivity contribution in [3.63, 3.8) is 0 Å². The largest absolute Gasteiger partial charge is 0.383 e. The van der Waals surface area contributed by atoms with Gasteiger partial charge in [-0.15, -0.1) is 5.10 Å². The second-order valence-electron chi connectivity index (χ2n) is 9.37. The number of benzene rings is 1. The standard InChI is InChI=1S/C21H25ClN6O3/c1-21(4-5-21)8-17(29)20(31)27-10-13-7-15(13)18(27)19(30)23-9-12-6-14(22)2-3-16(12)28-11-24-25-26-28/h2-3,6,11,13,15,17-18,29H,4-5,7-10H2,1H3,(H,23,30)/t13-,15-,17+,18+/m1/s1. The summed E-state index contributed by atoms with van der Waals surface area (Å²) in [6, 6.07) is 4.75. The third-order valence-electron chi connectivity index (χ3n) is 6.87. The molecule has 0 spiro atoms. The second kappa shape index (κ2) is 7.56. The van der Waals surface area contributed by atoms with Crippen LogP contribution in [0.15, 0.2) is 24.5 Å². The van der Waals surface area contributed by atoms with Gasteiger partial charge in [0.25, 0.3) is 5.91 Å². The highest BCUT2D eigenvalue weighted by Gasteiger charge is 2.57. The molecular weight excluding hydrogens is 420 g/mol. The number of amides is 2. The molecule has 0 radical (unpaired) electrons. The molecule has 3 fully saturated rings. The number of aromatic nitrogens is 4. The van der Waals surface area contributed by atoms with Crippen molar-refractivity contribution in [2.75, 3.05) is 6.54 Å². The van der Waals surface area contributed by atoms with Crippen LogP contribution in [-0.4, -0.2) is 60.7 Å². The summed E-state index contributed by atoms with van der Waals surface area (Å²) >= 11 is 6.15. The van der Waals surface area contributed by atoms with Crippen LogP contribution in [0.3, 0.4) is 0 Å². The summed E-state index contributed by atoms with van der Waals surface area (Å²) in [5.41, 5.74) is 1.54. The van der Waals surface area contributed by atoms with Crippen LogP contribution in [0.5, 0.6) is 0 Å². The van der Waals surface area contributed by atoms with Crippen molar-refractivity contribution in [2.24, 2.45) is 17.3 Å². The van der Waals surface area contributed by atoms with Crippen molar-refractivity contribution in [1.29, 1.82) is 0 Å². The van der Waals surface area contributed by atoms with E-state index in [0.717, 1.165) is 24.8 Å². The first-order chi connectivity index (χ1) is 14.8. The number of aliphatic hydroxyl groups excluding tert-OH is 1. The van der Waals surface area contributed by atoms with Crippen LogP contribution < -0.4 is 5.32 Å². The number of hydrogen-bond donors (Lipinski definition) is 2. The normalized spacial score (nSPS) is 26.3. The number of tetrazole rings is 1. The summed E-state index contributed by atoms with van der Waals surface area (Å²) in [7, 11) is 0. The van der Waals surface area contributed by atoms with Crippen LogP contribution in [0.2, 0.25) is 5.02 Å². The van der Waals surface area contributed by atoms with E-state index >= 15 is 0 Å². The molecule has 164 valence electrons. The van der Waals surface area contributed by atoms with Gasteiger partial charge in [0.1, 0.15) is 18.5 Å². The first kappa shape index (κ1) is 20.4. The van der Waals surface area contributed by atoms with E-state index in [1.54, 1.807) is 23.1 Å². The zero-order valence-corrected chi connectivity index (χ0v) is 18.0. The molecule has 2 saturated carbocycles. The van der Waals surface area contributed by atoms with E-state index in [0.29, 0.717) is 29.6 Å². The summed E-state index contributed by atoms with van der Waals surface area (Å²) in [5.74, 6) is 0.000748. The number of likely N-dealkylation sites (tertiary alicyclic amines) is 1. The fourth-order valence-electron chi connectivity index (χ4n) is 4.67. The van der Waals surface area contributed by atoms with E-state index in [1.165, 1.54) is 11.0 Å². The van der Waals surface area contributed by atoms with Gasteiger partial charge in [-0.25, -0.2) is 4.68 Å². The second-order valence-corrected chi connectivity index (χ2v) is 9.81. The fraction of sp³-hybridized carbons (Fsp3) is 0.571. The average molecular weight is 445 g/mol. The molecule has 2 aromatic rings. The molecule has 1 saturated heterocycles. The maximum absolute atomic E-state index is 13.1. The molecule has 31 heavy (non-hydrogen) atoms. The van der Waals surface area contributed by atoms with Crippen LogP contribution in [-0.2, 0) is 16.1 Å². The summed E-state index contributed by atoms with van der Waals surface area (Å²) < 4.78 is 1.51. The van der Waals surface area contributed by atoms with Gasteiger partial charge in [0.05, 0.1) is 5.69 Å². The minimum Gasteiger partial charge on any atom is -0.383 e. The first-order valence-electron chi connectivity index (χ1n) is 10.6. The van der Waals surface area contributed by atoms with Gasteiger partial charge in [-0.3, -0.25) is 9.59 Å². The van der Waals surface area contributed by atoms with Crippen LogP contribution in [0.4, 0.5) is 0 Å². The van der Waals surface area contributed by atoms with E-state index in [2.05, 4.69) is 27.8 Å². The van der Waals surface area contributed by atoms with Gasteiger partial charge in [-0.05, 0) is 77.1 Å². The molecule has 1 aromatic heterocycles. The number of hydrogen-bond acceptors (Lipinski definition) is 6. The molecule has 2 amide bonds. The number of nitrogens with zero attached hydrogens (tertiary/aromatic N) is 5. The molecule has 9 nitrogen and oxygen atoms in total. The molecule has 0 unspecified atom stereocenters. The number of nitrogens with one attached hydrogen (secondary N) is 1. The highest BCUT2D eigenvalue weighted by atomic mass is 35.5. The van der Waals surface area contributed by atoms with Gasteiger partial charge >= 0.3 is 0 Å². The Kier molecular flexibility index (Phi) is 4.97. The van der Waals surface area contributed by atoms with E-state index in [-0.39, 0.29) is 29.7 Å². The zero-order chi connectivity index (χ0) is 21.8. The summed E-state index contributed by atoms with van der Waals surface area (Å²) in [5, 5.41) is 25.2. The highest BCUT2D eigenvalue weighted by Crippen LogP contribution is 2.51. The molecule has 4 atom stereocenters. The van der Waals surface area contributed by atoms with Gasteiger partial charge in [0, 0.05) is 18.1 Å². The zero-order valence-electron chi connectivity index (χ0n) is 17.2. The molecule has 2 aliphatic carbocycles. The summed E-state index contributed by atoms with van der Waals surface area (Å²) in [6.45, 7) is 2.86. The molecule has 5 rings (SSSR count). The molecule has 0 bridgehead atoms. The third kappa shape index (κ3) is 4.04. The SMILES string of the molecule is CC1(C[C@H](O)C(=O)N2C[C@H]3C[C@H]3[C@H]2C(=O)NCc2cc(Cl)ccc2-n2cnnn2)CC1. The highest BCUT2D eigenvalue weighted by molar-refractivity contribution is 6.30. The van der Waals surface area contributed by atoms with Crippen molar-refractivity contribution in [2.45, 2.75) is 51.3 Å². The number of carbonyl (C=O) groups excluding carboxylic acids is 2. The minimum absolute atomic E-state index is 0.0642. The Morgan fingerprint density at radius 2 is 2.19 bits per heavy atom. The van der Waals surface area contributed by atoms with Crippen LogP contribution >= 0.6 is 11.6 Å². The number of piperidine rings is 1. The lowest BCUT2D eigenvalue weighted by molar-refractivity contribution is -0.147. The molecule has 1 aliphatic heterocycles. The topological polar surface area (TPSA) is 113 Å². The van der Waals surface area contributed by atoms with Gasteiger partial charge < -0.3 is 15.3 Å². The van der Waals surface area contributed by atoms with Crippen molar-refractivity contribution in [3.8, 4) is 5.69 Å². The van der Waals surface area contributed by atoms with Gasteiger partial charge in [-0.2, -0.15) is 0 Å². The molecule has 2 heterocycles. The van der Waals surface area contributed by atoms with Crippen molar-refractivity contribution < 1.29 is 14.7 Å². The Morgan fingerprint density at radius 3 is 2.90 bits per heavy atom. The number of halogens is 1. The predicted octanol–water partition coefficient (Wildman–Crippen LogP) is 1.33. The number of aliphatic hydroxyl groups is 1. The lowest BCUT2D eigenvalue weighted by Crippen LogP contribution is -2.51. The predicted molar refractivity (Wildman–Crippen MR) is 111 cm³/mol.